The Balaban J connectivity index is 1.88. The topological polar surface area (TPSA) is 77.0 Å². The maximum atomic E-state index is 12.1. The molecule has 3 rings (SSSR count). The molecule has 7 nitrogen and oxygen atoms in total. The highest BCUT2D eigenvalue weighted by atomic mass is 16.5. The normalized spacial score (nSPS) is 19.0. The van der Waals surface area contributed by atoms with Gasteiger partial charge in [0.25, 0.3) is 5.89 Å². The highest BCUT2D eigenvalue weighted by molar-refractivity contribution is 5.87. The summed E-state index contributed by atoms with van der Waals surface area (Å²) in [5.74, 6) is 0.897. The van der Waals surface area contributed by atoms with E-state index in [-0.39, 0.29) is 11.9 Å². The van der Waals surface area contributed by atoms with Crippen LogP contribution in [0.3, 0.4) is 0 Å². The van der Waals surface area contributed by atoms with Crippen LogP contribution >= 0.6 is 0 Å². The molecule has 0 bridgehead atoms. The molecule has 2 aromatic heterocycles. The van der Waals surface area contributed by atoms with E-state index in [1.54, 1.807) is 15.8 Å². The third-order valence-electron chi connectivity index (χ3n) is 3.90. The van der Waals surface area contributed by atoms with Gasteiger partial charge in [0.1, 0.15) is 0 Å². The Kier molecular flexibility index (Phi) is 4.04. The highest BCUT2D eigenvalue weighted by Crippen LogP contribution is 2.30. The first-order valence-electron chi connectivity index (χ1n) is 7.44. The van der Waals surface area contributed by atoms with Crippen LogP contribution in [0.15, 0.2) is 29.6 Å². The number of amides is 1. The van der Waals surface area contributed by atoms with Crippen molar-refractivity contribution in [3.63, 3.8) is 0 Å². The van der Waals surface area contributed by atoms with Crippen molar-refractivity contribution in [3.8, 4) is 11.5 Å². The van der Waals surface area contributed by atoms with Gasteiger partial charge in [-0.2, -0.15) is 10.1 Å². The van der Waals surface area contributed by atoms with Crippen molar-refractivity contribution in [3.05, 3.63) is 30.9 Å². The molecule has 1 saturated heterocycles. The number of hydrogen-bond donors (Lipinski definition) is 0. The van der Waals surface area contributed by atoms with Gasteiger partial charge >= 0.3 is 0 Å². The maximum Gasteiger partial charge on any atom is 0.261 e. The first-order valence-corrected chi connectivity index (χ1v) is 7.44. The summed E-state index contributed by atoms with van der Waals surface area (Å²) < 4.78 is 7.02. The Labute approximate surface area is 128 Å². The van der Waals surface area contributed by atoms with Crippen molar-refractivity contribution in [1.82, 2.24) is 24.8 Å². The zero-order valence-electron chi connectivity index (χ0n) is 12.6. The van der Waals surface area contributed by atoms with Crippen LogP contribution in [0.4, 0.5) is 0 Å². The molecule has 0 radical (unpaired) electrons. The van der Waals surface area contributed by atoms with Gasteiger partial charge in [-0.3, -0.25) is 9.48 Å². The summed E-state index contributed by atoms with van der Waals surface area (Å²) >= 11 is 0. The van der Waals surface area contributed by atoms with Gasteiger partial charge in [0, 0.05) is 19.8 Å². The Hall–Kier alpha value is -2.44. The minimum absolute atomic E-state index is 0.0837. The van der Waals surface area contributed by atoms with Gasteiger partial charge in [-0.15, -0.1) is 0 Å². The van der Waals surface area contributed by atoms with Crippen molar-refractivity contribution in [2.75, 3.05) is 6.54 Å². The number of nitrogens with zero attached hydrogens (tertiary/aromatic N) is 5. The largest absolute Gasteiger partial charge is 0.334 e. The van der Waals surface area contributed by atoms with E-state index in [0.29, 0.717) is 18.3 Å². The molecular weight excluding hydrogens is 282 g/mol. The molecule has 1 amide bonds. The Bertz CT molecular complexity index is 675. The molecule has 0 unspecified atom stereocenters. The lowest BCUT2D eigenvalue weighted by Crippen LogP contribution is -2.34. The molecule has 1 aliphatic heterocycles. The number of hydrogen-bond acceptors (Lipinski definition) is 5. The number of likely N-dealkylation sites (tertiary alicyclic amines) is 1. The van der Waals surface area contributed by atoms with E-state index >= 15 is 0 Å². The highest BCUT2D eigenvalue weighted by Gasteiger charge is 2.29. The van der Waals surface area contributed by atoms with Crippen LogP contribution in [-0.2, 0) is 11.8 Å². The van der Waals surface area contributed by atoms with Crippen LogP contribution in [0.25, 0.3) is 11.5 Å². The number of aromatic nitrogens is 4. The fourth-order valence-electron chi connectivity index (χ4n) is 2.78. The Morgan fingerprint density at radius 1 is 1.45 bits per heavy atom. The molecule has 0 aliphatic carbocycles. The van der Waals surface area contributed by atoms with Crippen molar-refractivity contribution in [1.29, 1.82) is 0 Å². The molecule has 116 valence electrons. The van der Waals surface area contributed by atoms with Gasteiger partial charge in [0.15, 0.2) is 5.82 Å². The molecule has 22 heavy (non-hydrogen) atoms. The Morgan fingerprint density at radius 3 is 3.05 bits per heavy atom. The zero-order chi connectivity index (χ0) is 15.5. The van der Waals surface area contributed by atoms with Crippen molar-refractivity contribution in [2.24, 2.45) is 7.05 Å². The van der Waals surface area contributed by atoms with Gasteiger partial charge in [0.05, 0.1) is 17.8 Å². The maximum absolute atomic E-state index is 12.1. The van der Waals surface area contributed by atoms with Crippen molar-refractivity contribution >= 4 is 5.91 Å². The Morgan fingerprint density at radius 2 is 2.32 bits per heavy atom. The predicted molar refractivity (Wildman–Crippen MR) is 79.6 cm³/mol. The second-order valence-corrected chi connectivity index (χ2v) is 5.46. The molecule has 1 fully saturated rings. The molecule has 1 atom stereocenters. The van der Waals surface area contributed by atoms with E-state index in [2.05, 4.69) is 21.8 Å². The average Bonchev–Trinajstić information content (AvgIpc) is 3.10. The van der Waals surface area contributed by atoms with E-state index in [0.717, 1.165) is 31.2 Å². The molecule has 2 aromatic rings. The molecule has 0 saturated carbocycles. The lowest BCUT2D eigenvalue weighted by atomic mass is 10.1. The number of rotatable bonds is 3. The summed E-state index contributed by atoms with van der Waals surface area (Å²) in [5, 5.41) is 8.18. The van der Waals surface area contributed by atoms with Crippen molar-refractivity contribution in [2.45, 2.75) is 31.7 Å². The van der Waals surface area contributed by atoms with E-state index in [1.807, 2.05) is 13.2 Å². The SMILES string of the molecule is C=CC(=O)N1CCCCC[C@H]1c1noc(-c2cnn(C)c2)n1. The van der Waals surface area contributed by atoms with E-state index in [4.69, 9.17) is 4.52 Å². The number of aryl methyl sites for hydroxylation is 1. The van der Waals surface area contributed by atoms with E-state index in [1.165, 1.54) is 6.08 Å². The minimum Gasteiger partial charge on any atom is -0.334 e. The smallest absolute Gasteiger partial charge is 0.261 e. The van der Waals surface area contributed by atoms with Crippen LogP contribution in [0, 0.1) is 0 Å². The van der Waals surface area contributed by atoms with Crippen LogP contribution in [0.1, 0.15) is 37.5 Å². The lowest BCUT2D eigenvalue weighted by molar-refractivity contribution is -0.128. The lowest BCUT2D eigenvalue weighted by Gasteiger charge is -2.26. The van der Waals surface area contributed by atoms with Crippen LogP contribution in [-0.4, -0.2) is 37.3 Å². The molecule has 1 aliphatic rings. The van der Waals surface area contributed by atoms with Gasteiger partial charge in [-0.05, 0) is 18.9 Å². The van der Waals surface area contributed by atoms with Gasteiger partial charge < -0.3 is 9.42 Å². The first kappa shape index (κ1) is 14.5. The van der Waals surface area contributed by atoms with Gasteiger partial charge in [-0.25, -0.2) is 0 Å². The van der Waals surface area contributed by atoms with E-state index in [9.17, 15) is 4.79 Å². The van der Waals surface area contributed by atoms with Crippen LogP contribution in [0.5, 0.6) is 0 Å². The van der Waals surface area contributed by atoms with Gasteiger partial charge in [-0.1, -0.05) is 24.6 Å². The summed E-state index contributed by atoms with van der Waals surface area (Å²) in [6, 6.07) is -0.151. The molecule has 3 heterocycles. The summed E-state index contributed by atoms with van der Waals surface area (Å²) in [4.78, 5) is 18.3. The second kappa shape index (κ2) is 6.13. The fraction of sp³-hybridized carbons (Fsp3) is 0.467. The third kappa shape index (κ3) is 2.79. The second-order valence-electron chi connectivity index (χ2n) is 5.46. The molecule has 0 spiro atoms. The zero-order valence-corrected chi connectivity index (χ0v) is 12.6. The summed E-state index contributed by atoms with van der Waals surface area (Å²) in [6.45, 7) is 4.28. The van der Waals surface area contributed by atoms with Crippen LogP contribution < -0.4 is 0 Å². The standard InChI is InChI=1S/C15H19N5O2/c1-3-13(21)20-8-6-4-5-7-12(20)14-17-15(22-18-14)11-9-16-19(2)10-11/h3,9-10,12H,1,4-8H2,2H3/t12-/m0/s1. The summed E-state index contributed by atoms with van der Waals surface area (Å²) in [6.07, 6.45) is 8.82. The molecule has 7 heteroatoms. The number of carbonyl (C=O) groups is 1. The number of carbonyl (C=O) groups excluding carboxylic acids is 1. The van der Waals surface area contributed by atoms with Gasteiger partial charge in [0.2, 0.25) is 5.91 Å². The predicted octanol–water partition coefficient (Wildman–Crippen LogP) is 2.10. The fourth-order valence-corrected chi connectivity index (χ4v) is 2.78. The average molecular weight is 301 g/mol. The third-order valence-corrected chi connectivity index (χ3v) is 3.90. The minimum atomic E-state index is -0.151. The van der Waals surface area contributed by atoms with Crippen LogP contribution in [0.2, 0.25) is 0 Å². The van der Waals surface area contributed by atoms with Crippen molar-refractivity contribution < 1.29 is 9.32 Å². The first-order chi connectivity index (χ1) is 10.7. The molecular formula is C15H19N5O2. The monoisotopic (exact) mass is 301 g/mol. The summed E-state index contributed by atoms with van der Waals surface area (Å²) in [5.41, 5.74) is 0.775. The summed E-state index contributed by atoms with van der Waals surface area (Å²) in [7, 11) is 1.83. The molecule has 0 N–H and O–H groups in total. The molecule has 0 aromatic carbocycles. The quantitative estimate of drug-likeness (QED) is 0.811. The van der Waals surface area contributed by atoms with E-state index < -0.39 is 0 Å².